The number of nitrogens with one attached hydrogen (secondary N) is 2. The molecule has 0 aliphatic carbocycles. The number of thiocarbonyl (C=S) groups is 1. The summed E-state index contributed by atoms with van der Waals surface area (Å²) in [4.78, 5) is 16.7. The van der Waals surface area contributed by atoms with E-state index in [9.17, 15) is 4.79 Å². The lowest BCUT2D eigenvalue weighted by Gasteiger charge is -2.11. The number of hydrogen-bond acceptors (Lipinski definition) is 4. The van der Waals surface area contributed by atoms with Gasteiger partial charge in [-0.05, 0) is 71.3 Å². The second-order valence-corrected chi connectivity index (χ2v) is 7.17. The van der Waals surface area contributed by atoms with Crippen LogP contribution in [0.1, 0.15) is 29.9 Å². The summed E-state index contributed by atoms with van der Waals surface area (Å²) >= 11 is 8.57. The number of anilines is 1. The number of pyridine rings is 1. The van der Waals surface area contributed by atoms with E-state index in [1.165, 1.54) is 0 Å². The molecule has 1 amide bonds. The van der Waals surface area contributed by atoms with Crippen LogP contribution < -0.4 is 15.4 Å². The highest BCUT2D eigenvalue weighted by Crippen LogP contribution is 2.16. The highest BCUT2D eigenvalue weighted by atomic mass is 79.9. The van der Waals surface area contributed by atoms with E-state index in [1.807, 2.05) is 19.1 Å². The van der Waals surface area contributed by atoms with Crippen LogP contribution >= 0.6 is 28.1 Å². The number of halogens is 1. The Balaban J connectivity index is 1.97. The van der Waals surface area contributed by atoms with Crippen molar-refractivity contribution < 1.29 is 9.53 Å². The predicted molar refractivity (Wildman–Crippen MR) is 107 cm³/mol. The van der Waals surface area contributed by atoms with Gasteiger partial charge < -0.3 is 10.1 Å². The van der Waals surface area contributed by atoms with Gasteiger partial charge in [0, 0.05) is 10.0 Å². The smallest absolute Gasteiger partial charge is 0.257 e. The molecule has 0 unspecified atom stereocenters. The largest absolute Gasteiger partial charge is 0.493 e. The van der Waals surface area contributed by atoms with E-state index >= 15 is 0 Å². The summed E-state index contributed by atoms with van der Waals surface area (Å²) in [7, 11) is 0. The van der Waals surface area contributed by atoms with Gasteiger partial charge in [-0.25, -0.2) is 4.98 Å². The first kappa shape index (κ1) is 19.3. The minimum Gasteiger partial charge on any atom is -0.493 e. The molecule has 0 saturated heterocycles. The number of benzene rings is 1. The maximum Gasteiger partial charge on any atom is 0.257 e. The zero-order chi connectivity index (χ0) is 18.4. The molecular weight excluding hydrogens is 402 g/mol. The Bertz CT molecular complexity index is 781. The van der Waals surface area contributed by atoms with Gasteiger partial charge in [-0.1, -0.05) is 19.9 Å². The zero-order valence-corrected chi connectivity index (χ0v) is 16.7. The summed E-state index contributed by atoms with van der Waals surface area (Å²) in [6.07, 6.45) is 0. The maximum atomic E-state index is 12.3. The van der Waals surface area contributed by atoms with Gasteiger partial charge >= 0.3 is 0 Å². The Morgan fingerprint density at radius 2 is 2.08 bits per heavy atom. The van der Waals surface area contributed by atoms with E-state index in [-0.39, 0.29) is 11.0 Å². The van der Waals surface area contributed by atoms with E-state index in [4.69, 9.17) is 17.0 Å². The molecule has 5 nitrogen and oxygen atoms in total. The van der Waals surface area contributed by atoms with E-state index < -0.39 is 0 Å². The molecule has 7 heteroatoms. The molecular formula is C18H20BrN3O2S. The summed E-state index contributed by atoms with van der Waals surface area (Å²) in [5.74, 6) is 1.34. The summed E-state index contributed by atoms with van der Waals surface area (Å²) in [6, 6.07) is 10.6. The van der Waals surface area contributed by atoms with Crippen molar-refractivity contribution >= 4 is 45.0 Å². The van der Waals surface area contributed by atoms with Gasteiger partial charge in [-0.15, -0.1) is 0 Å². The number of ether oxygens (including phenoxy) is 1. The predicted octanol–water partition coefficient (Wildman–Crippen LogP) is 4.31. The third-order valence-electron chi connectivity index (χ3n) is 3.17. The van der Waals surface area contributed by atoms with Crippen molar-refractivity contribution in [1.29, 1.82) is 0 Å². The molecule has 2 N–H and O–H groups in total. The number of carbonyl (C=O) groups is 1. The lowest BCUT2D eigenvalue weighted by atomic mass is 10.2. The molecule has 0 aliphatic rings. The maximum absolute atomic E-state index is 12.3. The van der Waals surface area contributed by atoms with Crippen LogP contribution in [-0.2, 0) is 0 Å². The van der Waals surface area contributed by atoms with Gasteiger partial charge in [0.15, 0.2) is 5.11 Å². The summed E-state index contributed by atoms with van der Waals surface area (Å²) < 4.78 is 6.55. The Morgan fingerprint density at radius 1 is 1.32 bits per heavy atom. The molecule has 1 heterocycles. The van der Waals surface area contributed by atoms with Crippen molar-refractivity contribution in [1.82, 2.24) is 10.3 Å². The van der Waals surface area contributed by atoms with Crippen LogP contribution in [0.25, 0.3) is 0 Å². The quantitative estimate of drug-likeness (QED) is 0.703. The number of aromatic nitrogens is 1. The lowest BCUT2D eigenvalue weighted by Crippen LogP contribution is -2.34. The number of rotatable bonds is 5. The number of amides is 1. The first-order valence-electron chi connectivity index (χ1n) is 7.83. The van der Waals surface area contributed by atoms with Crippen molar-refractivity contribution in [3.8, 4) is 5.75 Å². The standard InChI is InChI=1S/C18H20BrN3O2S/c1-11(2)10-24-14-6-4-5-13(9-14)17(23)22-18(25)21-16-8-7-15(19)12(3)20-16/h4-9,11H,10H2,1-3H3,(H2,20,21,22,23,25). The second-order valence-electron chi connectivity index (χ2n) is 5.90. The molecule has 0 aliphatic heterocycles. The van der Waals surface area contributed by atoms with E-state index in [2.05, 4.69) is 45.4 Å². The molecule has 132 valence electrons. The summed E-state index contributed by atoms with van der Waals surface area (Å²) in [5, 5.41) is 5.73. The first-order chi connectivity index (χ1) is 11.8. The molecule has 2 aromatic rings. The van der Waals surface area contributed by atoms with Crippen LogP contribution in [-0.4, -0.2) is 22.6 Å². The Hall–Kier alpha value is -1.99. The highest BCUT2D eigenvalue weighted by Gasteiger charge is 2.10. The summed E-state index contributed by atoms with van der Waals surface area (Å²) in [6.45, 7) is 6.61. The van der Waals surface area contributed by atoms with Crippen LogP contribution in [0.2, 0.25) is 0 Å². The van der Waals surface area contributed by atoms with Gasteiger partial charge in [0.1, 0.15) is 11.6 Å². The van der Waals surface area contributed by atoms with Crippen molar-refractivity contribution in [2.75, 3.05) is 11.9 Å². The van der Waals surface area contributed by atoms with Gasteiger partial charge in [0.25, 0.3) is 5.91 Å². The topological polar surface area (TPSA) is 63.2 Å². The molecule has 2 rings (SSSR count). The molecule has 0 radical (unpaired) electrons. The minimum absolute atomic E-state index is 0.188. The zero-order valence-electron chi connectivity index (χ0n) is 14.3. The highest BCUT2D eigenvalue weighted by molar-refractivity contribution is 9.10. The molecule has 0 saturated carbocycles. The minimum atomic E-state index is -0.304. The molecule has 0 atom stereocenters. The first-order valence-corrected chi connectivity index (χ1v) is 9.03. The van der Waals surface area contributed by atoms with Crippen LogP contribution in [0.5, 0.6) is 5.75 Å². The number of carbonyl (C=O) groups excluding carboxylic acids is 1. The van der Waals surface area contributed by atoms with Crippen molar-refractivity contribution in [3.63, 3.8) is 0 Å². The van der Waals surface area contributed by atoms with Gasteiger partial charge in [0.2, 0.25) is 0 Å². The van der Waals surface area contributed by atoms with E-state index in [0.717, 1.165) is 10.2 Å². The summed E-state index contributed by atoms with van der Waals surface area (Å²) in [5.41, 5.74) is 1.31. The van der Waals surface area contributed by atoms with Crippen molar-refractivity contribution in [2.45, 2.75) is 20.8 Å². The van der Waals surface area contributed by atoms with Crippen LogP contribution in [0.15, 0.2) is 40.9 Å². The van der Waals surface area contributed by atoms with Gasteiger partial charge in [-0.3, -0.25) is 10.1 Å². The van der Waals surface area contributed by atoms with Gasteiger partial charge in [-0.2, -0.15) is 0 Å². The van der Waals surface area contributed by atoms with Crippen LogP contribution in [0.3, 0.4) is 0 Å². The monoisotopic (exact) mass is 421 g/mol. The average molecular weight is 422 g/mol. The average Bonchev–Trinajstić information content (AvgIpc) is 2.56. The Kier molecular flexibility index (Phi) is 6.90. The second kappa shape index (κ2) is 8.92. The molecule has 1 aromatic carbocycles. The third kappa shape index (κ3) is 6.10. The van der Waals surface area contributed by atoms with E-state index in [1.54, 1.807) is 24.3 Å². The van der Waals surface area contributed by atoms with Crippen molar-refractivity contribution in [2.24, 2.45) is 5.92 Å². The Labute approximate surface area is 161 Å². The molecule has 25 heavy (non-hydrogen) atoms. The molecule has 0 bridgehead atoms. The van der Waals surface area contributed by atoms with E-state index in [0.29, 0.717) is 29.7 Å². The third-order valence-corrected chi connectivity index (χ3v) is 4.21. The molecule has 0 fully saturated rings. The normalized spacial score (nSPS) is 10.4. The van der Waals surface area contributed by atoms with Crippen molar-refractivity contribution in [3.05, 3.63) is 52.1 Å². The van der Waals surface area contributed by atoms with Crippen LogP contribution in [0.4, 0.5) is 5.82 Å². The number of hydrogen-bond donors (Lipinski definition) is 2. The lowest BCUT2D eigenvalue weighted by molar-refractivity contribution is 0.0977. The fourth-order valence-electron chi connectivity index (χ4n) is 1.93. The fourth-order valence-corrected chi connectivity index (χ4v) is 2.34. The number of nitrogens with zero attached hydrogens (tertiary/aromatic N) is 1. The molecule has 0 spiro atoms. The van der Waals surface area contributed by atoms with Gasteiger partial charge in [0.05, 0.1) is 12.3 Å². The Morgan fingerprint density at radius 3 is 2.76 bits per heavy atom. The fraction of sp³-hybridized carbons (Fsp3) is 0.278. The number of aryl methyl sites for hydroxylation is 1. The van der Waals surface area contributed by atoms with Crippen LogP contribution in [0, 0.1) is 12.8 Å². The molecule has 1 aromatic heterocycles. The SMILES string of the molecule is Cc1nc(NC(=S)NC(=O)c2cccc(OCC(C)C)c2)ccc1Br.